The molecule has 0 aromatic heterocycles. The molecule has 8 heteroatoms. The normalized spacial score (nSPS) is 11.6. The van der Waals surface area contributed by atoms with Crippen LogP contribution in [0.4, 0.5) is 15.8 Å². The van der Waals surface area contributed by atoms with E-state index in [2.05, 4.69) is 10.6 Å². The Morgan fingerprint density at radius 3 is 2.40 bits per heavy atom. The van der Waals surface area contributed by atoms with E-state index >= 15 is 0 Å². The Morgan fingerprint density at radius 2 is 1.70 bits per heavy atom. The molecule has 2 N–H and O–H groups in total. The summed E-state index contributed by atoms with van der Waals surface area (Å²) in [5.41, 5.74) is 1.41. The lowest BCUT2D eigenvalue weighted by Crippen LogP contribution is -2.22. The minimum atomic E-state index is -0.417. The summed E-state index contributed by atoms with van der Waals surface area (Å²) in [6.07, 6.45) is 0. The lowest BCUT2D eigenvalue weighted by molar-refractivity contribution is -0.115. The maximum Gasteiger partial charge on any atom is 0.255 e. The van der Waals surface area contributed by atoms with Gasteiger partial charge in [-0.05, 0) is 67.6 Å². The minimum absolute atomic E-state index is 0.218. The fraction of sp³-hybridized carbons (Fsp3) is 0.0909. The first-order chi connectivity index (χ1) is 14.3. The van der Waals surface area contributed by atoms with Gasteiger partial charge in [0.2, 0.25) is 5.91 Å². The molecule has 3 rings (SSSR count). The zero-order valence-corrected chi connectivity index (χ0v) is 18.1. The standard InChI is InChI=1S/C22H17Cl2FN2O2S/c1-13(21(28)27-20-10-7-15(23)11-19(20)24)30-18-4-2-3-17(12-18)26-22(29)14-5-8-16(25)9-6-14/h2-13H,1H3,(H,26,29)(H,27,28). The molecule has 0 fully saturated rings. The van der Waals surface area contributed by atoms with Crippen LogP contribution in [-0.2, 0) is 4.79 Å². The van der Waals surface area contributed by atoms with Crippen LogP contribution in [0, 0.1) is 5.82 Å². The smallest absolute Gasteiger partial charge is 0.255 e. The minimum Gasteiger partial charge on any atom is -0.324 e. The van der Waals surface area contributed by atoms with Gasteiger partial charge >= 0.3 is 0 Å². The highest BCUT2D eigenvalue weighted by molar-refractivity contribution is 8.00. The molecule has 2 amide bonds. The van der Waals surface area contributed by atoms with Gasteiger partial charge in [0.05, 0.1) is 16.0 Å². The summed E-state index contributed by atoms with van der Waals surface area (Å²) in [6.45, 7) is 1.77. The summed E-state index contributed by atoms with van der Waals surface area (Å²) in [5.74, 6) is -0.970. The maximum absolute atomic E-state index is 13.0. The maximum atomic E-state index is 13.0. The second-order valence-corrected chi connectivity index (χ2v) is 8.62. The first-order valence-corrected chi connectivity index (χ1v) is 10.5. The van der Waals surface area contributed by atoms with Crippen LogP contribution in [0.2, 0.25) is 10.0 Å². The molecule has 1 atom stereocenters. The lowest BCUT2D eigenvalue weighted by Gasteiger charge is -2.14. The molecular formula is C22H17Cl2FN2O2S. The van der Waals surface area contributed by atoms with Gasteiger partial charge in [-0.2, -0.15) is 0 Å². The third-order valence-corrected chi connectivity index (χ3v) is 5.71. The zero-order chi connectivity index (χ0) is 21.7. The van der Waals surface area contributed by atoms with E-state index in [-0.39, 0.29) is 11.8 Å². The number of nitrogens with one attached hydrogen (secondary N) is 2. The molecule has 0 radical (unpaired) electrons. The fourth-order valence-corrected chi connectivity index (χ4v) is 3.92. The van der Waals surface area contributed by atoms with Crippen molar-refractivity contribution in [2.45, 2.75) is 17.1 Å². The third-order valence-electron chi connectivity index (χ3n) is 4.07. The highest BCUT2D eigenvalue weighted by Gasteiger charge is 2.16. The van der Waals surface area contributed by atoms with Crippen molar-refractivity contribution < 1.29 is 14.0 Å². The van der Waals surface area contributed by atoms with Crippen LogP contribution in [-0.4, -0.2) is 17.1 Å². The quantitative estimate of drug-likeness (QED) is 0.410. The summed E-state index contributed by atoms with van der Waals surface area (Å²) < 4.78 is 13.0. The Bertz CT molecular complexity index is 1080. The van der Waals surface area contributed by atoms with E-state index in [1.165, 1.54) is 36.0 Å². The van der Waals surface area contributed by atoms with E-state index in [1.54, 1.807) is 43.3 Å². The lowest BCUT2D eigenvalue weighted by atomic mass is 10.2. The first-order valence-electron chi connectivity index (χ1n) is 8.91. The summed E-state index contributed by atoms with van der Waals surface area (Å²) in [5, 5.41) is 5.98. The highest BCUT2D eigenvalue weighted by atomic mass is 35.5. The summed E-state index contributed by atoms with van der Waals surface area (Å²) in [6, 6.07) is 17.3. The summed E-state index contributed by atoms with van der Waals surface area (Å²) in [7, 11) is 0. The van der Waals surface area contributed by atoms with Crippen LogP contribution in [0.3, 0.4) is 0 Å². The first kappa shape index (κ1) is 22.2. The van der Waals surface area contributed by atoms with E-state index in [0.29, 0.717) is 27.0 Å². The van der Waals surface area contributed by atoms with E-state index in [1.807, 2.05) is 6.07 Å². The molecule has 1 unspecified atom stereocenters. The van der Waals surface area contributed by atoms with Crippen LogP contribution in [0.1, 0.15) is 17.3 Å². The number of halogens is 3. The monoisotopic (exact) mass is 462 g/mol. The molecule has 4 nitrogen and oxygen atoms in total. The number of hydrogen-bond donors (Lipinski definition) is 2. The van der Waals surface area contributed by atoms with Crippen LogP contribution < -0.4 is 10.6 Å². The van der Waals surface area contributed by atoms with Gasteiger partial charge in [-0.15, -0.1) is 11.8 Å². The van der Waals surface area contributed by atoms with E-state index in [4.69, 9.17) is 23.2 Å². The molecule has 0 heterocycles. The van der Waals surface area contributed by atoms with Gasteiger partial charge in [0.15, 0.2) is 0 Å². The summed E-state index contributed by atoms with van der Waals surface area (Å²) in [4.78, 5) is 25.6. The van der Waals surface area contributed by atoms with E-state index in [0.717, 1.165) is 4.90 Å². The average molecular weight is 463 g/mol. The van der Waals surface area contributed by atoms with Crippen molar-refractivity contribution in [2.75, 3.05) is 10.6 Å². The largest absolute Gasteiger partial charge is 0.324 e. The molecule has 154 valence electrons. The number of anilines is 2. The Morgan fingerprint density at radius 1 is 0.967 bits per heavy atom. The molecule has 30 heavy (non-hydrogen) atoms. The molecular weight excluding hydrogens is 446 g/mol. The molecule has 0 saturated heterocycles. The van der Waals surface area contributed by atoms with Crippen molar-refractivity contribution in [3.05, 3.63) is 88.2 Å². The van der Waals surface area contributed by atoms with Crippen LogP contribution in [0.15, 0.2) is 71.6 Å². The Kier molecular flexibility index (Phi) is 7.37. The topological polar surface area (TPSA) is 58.2 Å². The summed E-state index contributed by atoms with van der Waals surface area (Å²) >= 11 is 13.3. The van der Waals surface area contributed by atoms with Crippen molar-refractivity contribution in [1.29, 1.82) is 0 Å². The Hall–Kier alpha value is -2.54. The fourth-order valence-electron chi connectivity index (χ4n) is 2.53. The van der Waals surface area contributed by atoms with Crippen molar-refractivity contribution >= 4 is 58.2 Å². The number of rotatable bonds is 6. The highest BCUT2D eigenvalue weighted by Crippen LogP contribution is 2.29. The third kappa shape index (κ3) is 5.98. The molecule has 0 spiro atoms. The van der Waals surface area contributed by atoms with Crippen LogP contribution in [0.5, 0.6) is 0 Å². The van der Waals surface area contributed by atoms with Gasteiger partial charge in [-0.25, -0.2) is 4.39 Å². The van der Waals surface area contributed by atoms with Crippen molar-refractivity contribution in [3.8, 4) is 0 Å². The van der Waals surface area contributed by atoms with Gasteiger partial charge in [0.25, 0.3) is 5.91 Å². The van der Waals surface area contributed by atoms with Gasteiger partial charge in [-0.3, -0.25) is 9.59 Å². The van der Waals surface area contributed by atoms with Crippen molar-refractivity contribution in [2.24, 2.45) is 0 Å². The number of hydrogen-bond acceptors (Lipinski definition) is 3. The van der Waals surface area contributed by atoms with Crippen LogP contribution >= 0.6 is 35.0 Å². The Labute approximate surface area is 187 Å². The Balaban J connectivity index is 1.63. The molecule has 0 aliphatic carbocycles. The van der Waals surface area contributed by atoms with Gasteiger partial charge in [0, 0.05) is 21.2 Å². The molecule has 0 saturated carbocycles. The molecule has 0 aliphatic heterocycles. The second-order valence-electron chi connectivity index (χ2n) is 6.36. The van der Waals surface area contributed by atoms with Gasteiger partial charge < -0.3 is 10.6 Å². The average Bonchev–Trinajstić information content (AvgIpc) is 2.70. The molecule has 0 bridgehead atoms. The number of carbonyl (C=O) groups excluding carboxylic acids is 2. The van der Waals surface area contributed by atoms with Gasteiger partial charge in [-0.1, -0.05) is 29.3 Å². The van der Waals surface area contributed by atoms with Crippen LogP contribution in [0.25, 0.3) is 0 Å². The molecule has 3 aromatic carbocycles. The van der Waals surface area contributed by atoms with Crippen molar-refractivity contribution in [3.63, 3.8) is 0 Å². The number of carbonyl (C=O) groups is 2. The van der Waals surface area contributed by atoms with Gasteiger partial charge in [0.1, 0.15) is 5.82 Å². The molecule has 3 aromatic rings. The predicted molar refractivity (Wildman–Crippen MR) is 121 cm³/mol. The predicted octanol–water partition coefficient (Wildman–Crippen LogP) is 6.50. The second kappa shape index (κ2) is 9.98. The van der Waals surface area contributed by atoms with E-state index < -0.39 is 11.1 Å². The van der Waals surface area contributed by atoms with Crippen molar-refractivity contribution in [1.82, 2.24) is 0 Å². The molecule has 0 aliphatic rings. The SMILES string of the molecule is CC(Sc1cccc(NC(=O)c2ccc(F)cc2)c1)C(=O)Nc1ccc(Cl)cc1Cl. The number of benzene rings is 3. The number of thioether (sulfide) groups is 1. The number of amides is 2. The van der Waals surface area contributed by atoms with E-state index in [9.17, 15) is 14.0 Å². The zero-order valence-electron chi connectivity index (χ0n) is 15.8.